The first-order valence-electron chi connectivity index (χ1n) is 9.80. The quantitative estimate of drug-likeness (QED) is 0.561. The van der Waals surface area contributed by atoms with Gasteiger partial charge in [-0.2, -0.15) is 0 Å². The van der Waals surface area contributed by atoms with Crippen molar-refractivity contribution in [3.8, 4) is 0 Å². The van der Waals surface area contributed by atoms with Crippen LogP contribution in [0.25, 0.3) is 0 Å². The molecule has 1 heterocycles. The van der Waals surface area contributed by atoms with Gasteiger partial charge < -0.3 is 10.1 Å². The first-order valence-corrected chi connectivity index (χ1v) is 9.80. The van der Waals surface area contributed by atoms with Gasteiger partial charge in [-0.05, 0) is 51.0 Å². The maximum atomic E-state index is 12.3. The first kappa shape index (κ1) is 21.2. The number of imide groups is 1. The maximum absolute atomic E-state index is 12.3. The number of benzene rings is 2. The van der Waals surface area contributed by atoms with Crippen molar-refractivity contribution in [3.63, 3.8) is 0 Å². The van der Waals surface area contributed by atoms with Crippen molar-refractivity contribution in [2.75, 3.05) is 11.9 Å². The zero-order chi connectivity index (χ0) is 21.8. The molecule has 3 amide bonds. The van der Waals surface area contributed by atoms with Crippen LogP contribution in [0.1, 0.15) is 51.6 Å². The Morgan fingerprint density at radius 2 is 1.67 bits per heavy atom. The van der Waals surface area contributed by atoms with E-state index in [2.05, 4.69) is 5.32 Å². The van der Waals surface area contributed by atoms with Gasteiger partial charge in [0, 0.05) is 18.7 Å². The molecule has 7 nitrogen and oxygen atoms in total. The monoisotopic (exact) mass is 408 g/mol. The lowest BCUT2D eigenvalue weighted by Crippen LogP contribution is -2.32. The van der Waals surface area contributed by atoms with E-state index in [1.807, 2.05) is 26.0 Å². The third-order valence-electron chi connectivity index (χ3n) is 4.96. The molecule has 0 saturated carbocycles. The number of carbonyl (C=O) groups is 4. The topological polar surface area (TPSA) is 92.8 Å². The molecule has 0 fully saturated rings. The summed E-state index contributed by atoms with van der Waals surface area (Å²) in [4.78, 5) is 50.1. The van der Waals surface area contributed by atoms with Crippen molar-refractivity contribution in [2.45, 2.75) is 39.7 Å². The molecule has 1 aliphatic heterocycles. The fourth-order valence-corrected chi connectivity index (χ4v) is 3.32. The van der Waals surface area contributed by atoms with E-state index in [-0.39, 0.29) is 31.2 Å². The van der Waals surface area contributed by atoms with Crippen molar-refractivity contribution >= 4 is 29.4 Å². The maximum Gasteiger partial charge on any atom is 0.306 e. The van der Waals surface area contributed by atoms with Crippen molar-refractivity contribution in [1.82, 2.24) is 4.90 Å². The fraction of sp³-hybridized carbons (Fsp3) is 0.304. The summed E-state index contributed by atoms with van der Waals surface area (Å²) in [5.74, 6) is -1.69. The van der Waals surface area contributed by atoms with Crippen LogP contribution in [-0.2, 0) is 14.3 Å². The van der Waals surface area contributed by atoms with Gasteiger partial charge in [0.1, 0.15) is 0 Å². The number of hydrogen-bond donors (Lipinski definition) is 1. The number of esters is 1. The molecule has 30 heavy (non-hydrogen) atoms. The molecule has 0 radical (unpaired) electrons. The van der Waals surface area contributed by atoms with Gasteiger partial charge in [0.05, 0.1) is 11.1 Å². The summed E-state index contributed by atoms with van der Waals surface area (Å²) in [5.41, 5.74) is 3.42. The van der Waals surface area contributed by atoms with Gasteiger partial charge in [0.25, 0.3) is 17.7 Å². The van der Waals surface area contributed by atoms with Crippen LogP contribution in [-0.4, -0.2) is 41.2 Å². The third-order valence-corrected chi connectivity index (χ3v) is 4.96. The molecule has 0 unspecified atom stereocenters. The second-order valence-corrected chi connectivity index (χ2v) is 7.35. The predicted molar refractivity (Wildman–Crippen MR) is 111 cm³/mol. The van der Waals surface area contributed by atoms with Crippen LogP contribution in [0.3, 0.4) is 0 Å². The van der Waals surface area contributed by atoms with E-state index in [1.165, 1.54) is 6.92 Å². The third kappa shape index (κ3) is 4.56. The van der Waals surface area contributed by atoms with E-state index >= 15 is 0 Å². The van der Waals surface area contributed by atoms with Crippen LogP contribution >= 0.6 is 0 Å². The van der Waals surface area contributed by atoms with E-state index in [0.29, 0.717) is 16.8 Å². The van der Waals surface area contributed by atoms with Gasteiger partial charge in [0.15, 0.2) is 6.10 Å². The van der Waals surface area contributed by atoms with Gasteiger partial charge in [0.2, 0.25) is 0 Å². The second kappa shape index (κ2) is 8.90. The van der Waals surface area contributed by atoms with Crippen molar-refractivity contribution in [1.29, 1.82) is 0 Å². The number of carbonyl (C=O) groups excluding carboxylic acids is 4. The summed E-state index contributed by atoms with van der Waals surface area (Å²) < 4.78 is 5.19. The van der Waals surface area contributed by atoms with E-state index < -0.39 is 18.0 Å². The largest absolute Gasteiger partial charge is 0.453 e. The number of nitrogens with one attached hydrogen (secondary N) is 1. The Hall–Kier alpha value is -3.48. The minimum Gasteiger partial charge on any atom is -0.453 e. The van der Waals surface area contributed by atoms with Crippen LogP contribution in [0, 0.1) is 13.8 Å². The lowest BCUT2D eigenvalue weighted by molar-refractivity contribution is -0.153. The Morgan fingerprint density at radius 3 is 2.27 bits per heavy atom. The summed E-state index contributed by atoms with van der Waals surface area (Å²) in [6.45, 7) is 5.47. The Balaban J connectivity index is 1.46. The Labute approximate surface area is 175 Å². The smallest absolute Gasteiger partial charge is 0.306 e. The van der Waals surface area contributed by atoms with Crippen molar-refractivity contribution in [3.05, 3.63) is 64.7 Å². The number of rotatable bonds is 7. The first-order chi connectivity index (χ1) is 14.3. The highest BCUT2D eigenvalue weighted by Gasteiger charge is 2.34. The molecular formula is C23H24N2O5. The van der Waals surface area contributed by atoms with Gasteiger partial charge in [-0.15, -0.1) is 0 Å². The zero-order valence-corrected chi connectivity index (χ0v) is 17.2. The van der Waals surface area contributed by atoms with Crippen LogP contribution in [0.4, 0.5) is 5.69 Å². The van der Waals surface area contributed by atoms with Crippen LogP contribution in [0.2, 0.25) is 0 Å². The summed E-state index contributed by atoms with van der Waals surface area (Å²) in [6, 6.07) is 12.3. The standard InChI is InChI=1S/C23H24N2O5/c1-14-10-11-19(15(2)13-14)24-21(27)16(3)30-20(26)9-6-12-25-22(28)17-7-4-5-8-18(17)23(25)29/h4-5,7-8,10-11,13,16H,6,9,12H2,1-3H3,(H,24,27)/t16-/m1/s1. The number of fused-ring (bicyclic) bond motifs is 1. The average Bonchev–Trinajstić information content (AvgIpc) is 2.95. The van der Waals surface area contributed by atoms with Gasteiger partial charge in [-0.3, -0.25) is 24.1 Å². The second-order valence-electron chi connectivity index (χ2n) is 7.35. The molecule has 1 aliphatic rings. The van der Waals surface area contributed by atoms with Gasteiger partial charge >= 0.3 is 5.97 Å². The molecular weight excluding hydrogens is 384 g/mol. The zero-order valence-electron chi connectivity index (χ0n) is 17.2. The van der Waals surface area contributed by atoms with Gasteiger partial charge in [-0.1, -0.05) is 29.8 Å². The van der Waals surface area contributed by atoms with Crippen LogP contribution in [0.5, 0.6) is 0 Å². The number of ether oxygens (including phenoxy) is 1. The Kier molecular flexibility index (Phi) is 6.30. The average molecular weight is 408 g/mol. The molecule has 0 saturated heterocycles. The Morgan fingerprint density at radius 1 is 1.03 bits per heavy atom. The Bertz CT molecular complexity index is 979. The fourth-order valence-electron chi connectivity index (χ4n) is 3.32. The molecule has 1 N–H and O–H groups in total. The number of anilines is 1. The van der Waals surface area contributed by atoms with Crippen LogP contribution in [0.15, 0.2) is 42.5 Å². The minimum absolute atomic E-state index is 0.00537. The number of amides is 3. The van der Waals surface area contributed by atoms with E-state index in [1.54, 1.807) is 30.3 Å². The normalized spacial score (nSPS) is 13.8. The lowest BCUT2D eigenvalue weighted by Gasteiger charge is -2.16. The van der Waals surface area contributed by atoms with E-state index in [4.69, 9.17) is 4.74 Å². The molecule has 0 aromatic heterocycles. The minimum atomic E-state index is -0.961. The summed E-state index contributed by atoms with van der Waals surface area (Å²) >= 11 is 0. The molecule has 3 rings (SSSR count). The molecule has 0 spiro atoms. The van der Waals surface area contributed by atoms with E-state index in [9.17, 15) is 19.2 Å². The summed E-state index contributed by atoms with van der Waals surface area (Å²) in [5, 5.41) is 2.75. The van der Waals surface area contributed by atoms with Crippen LogP contribution < -0.4 is 5.32 Å². The van der Waals surface area contributed by atoms with Crippen molar-refractivity contribution < 1.29 is 23.9 Å². The molecule has 0 aliphatic carbocycles. The van der Waals surface area contributed by atoms with Gasteiger partial charge in [-0.25, -0.2) is 0 Å². The molecule has 0 bridgehead atoms. The highest BCUT2D eigenvalue weighted by atomic mass is 16.5. The van der Waals surface area contributed by atoms with E-state index in [0.717, 1.165) is 16.0 Å². The molecule has 156 valence electrons. The molecule has 7 heteroatoms. The highest BCUT2D eigenvalue weighted by Crippen LogP contribution is 2.22. The summed E-state index contributed by atoms with van der Waals surface area (Å²) in [7, 11) is 0. The van der Waals surface area contributed by atoms with Crippen molar-refractivity contribution in [2.24, 2.45) is 0 Å². The number of hydrogen-bond acceptors (Lipinski definition) is 5. The lowest BCUT2D eigenvalue weighted by atomic mass is 10.1. The number of aryl methyl sites for hydroxylation is 2. The molecule has 1 atom stereocenters. The SMILES string of the molecule is Cc1ccc(NC(=O)[C@@H](C)OC(=O)CCCN2C(=O)c3ccccc3C2=O)c(C)c1. The predicted octanol–water partition coefficient (Wildman–Crippen LogP) is 3.25. The highest BCUT2D eigenvalue weighted by molar-refractivity contribution is 6.21. The molecule has 2 aromatic rings. The molecule has 2 aromatic carbocycles. The number of nitrogens with zero attached hydrogens (tertiary/aromatic N) is 1. The summed E-state index contributed by atoms with van der Waals surface area (Å²) in [6.07, 6.45) is -0.706.